The Labute approximate surface area is 228 Å². The van der Waals surface area contributed by atoms with Gasteiger partial charge in [-0.05, 0) is 97.2 Å². The van der Waals surface area contributed by atoms with Crippen LogP contribution < -0.4 is 0 Å². The molecule has 3 unspecified atom stereocenters. The lowest BCUT2D eigenvalue weighted by Gasteiger charge is -2.71. The first-order chi connectivity index (χ1) is 17.6. The average Bonchev–Trinajstić information content (AvgIpc) is 3.49. The zero-order chi connectivity index (χ0) is 27.7. The summed E-state index contributed by atoms with van der Waals surface area (Å²) in [5.74, 6) is 0.154. The molecule has 6 rings (SSSR count). The minimum absolute atomic E-state index is 0.00218. The third-order valence-corrected chi connectivity index (χ3v) is 14.1. The Morgan fingerprint density at radius 2 is 1.66 bits per heavy atom. The van der Waals surface area contributed by atoms with Gasteiger partial charge in [-0.25, -0.2) is 0 Å². The predicted molar refractivity (Wildman–Crippen MR) is 143 cm³/mol. The minimum atomic E-state index is -0.561. The molecule has 0 aromatic carbocycles. The topological polar surface area (TPSA) is 84.2 Å². The zero-order valence-corrected chi connectivity index (χ0v) is 24.5. The Bertz CT molecular complexity index is 1230. The second-order valence-corrected chi connectivity index (χ2v) is 15.8. The van der Waals surface area contributed by atoms with Gasteiger partial charge in [-0.3, -0.25) is 14.4 Å². The highest BCUT2D eigenvalue weighted by molar-refractivity contribution is 6.07. The molecule has 38 heavy (non-hydrogen) atoms. The van der Waals surface area contributed by atoms with E-state index in [-0.39, 0.29) is 56.6 Å². The second kappa shape index (κ2) is 7.41. The van der Waals surface area contributed by atoms with Crippen LogP contribution in [-0.4, -0.2) is 24.1 Å². The van der Waals surface area contributed by atoms with Crippen LogP contribution in [0.2, 0.25) is 0 Å². The van der Waals surface area contributed by atoms with E-state index in [0.717, 1.165) is 51.4 Å². The minimum Gasteiger partial charge on any atom is -0.466 e. The Morgan fingerprint density at radius 1 is 1.00 bits per heavy atom. The number of ketones is 2. The van der Waals surface area contributed by atoms with E-state index in [4.69, 9.17) is 4.74 Å². The number of nitrogens with zero attached hydrogens (tertiary/aromatic N) is 1. The van der Waals surface area contributed by atoms with Crippen molar-refractivity contribution in [1.82, 2.24) is 0 Å². The molecule has 0 heterocycles. The molecule has 206 valence electrons. The van der Waals surface area contributed by atoms with E-state index in [2.05, 4.69) is 47.6 Å². The predicted octanol–water partition coefficient (Wildman–Crippen LogP) is 6.60. The standard InChI is InChI=1S/C33H45NO4/c1-8-38-26(37)32-12-9-27(2,3)17-21(32)24-22(35)15-23-28(4,29(24,5)10-13-32)11-14-33-19-31(33,7)25(36)20(18-34)16-30(23,33)6/h16,21,23-24H,8-15,17,19H2,1-7H3/t21?,23-,24?,28+,29+,30+,31?,32-,33-/m0/s1. The number of rotatable bonds is 2. The van der Waals surface area contributed by atoms with Crippen molar-refractivity contribution in [3.05, 3.63) is 11.6 Å². The monoisotopic (exact) mass is 519 g/mol. The molecule has 0 aromatic heterocycles. The van der Waals surface area contributed by atoms with Gasteiger partial charge in [-0.1, -0.05) is 47.6 Å². The Hall–Kier alpha value is -1.96. The van der Waals surface area contributed by atoms with Crippen LogP contribution >= 0.6 is 0 Å². The van der Waals surface area contributed by atoms with Crippen molar-refractivity contribution in [2.24, 2.45) is 55.7 Å². The summed E-state index contributed by atoms with van der Waals surface area (Å²) in [7, 11) is 0. The molecule has 0 amide bonds. The summed E-state index contributed by atoms with van der Waals surface area (Å²) >= 11 is 0. The molecule has 0 aliphatic heterocycles. The summed E-state index contributed by atoms with van der Waals surface area (Å²) < 4.78 is 5.72. The van der Waals surface area contributed by atoms with E-state index < -0.39 is 10.8 Å². The molecular formula is C33H45NO4. The van der Waals surface area contributed by atoms with Gasteiger partial charge in [0.15, 0.2) is 5.78 Å². The number of ether oxygens (including phenoxy) is 1. The third kappa shape index (κ3) is 2.71. The van der Waals surface area contributed by atoms with Gasteiger partial charge in [0.05, 0.1) is 17.6 Å². The number of fused-ring (bicyclic) bond motifs is 6. The van der Waals surface area contributed by atoms with Crippen LogP contribution in [0.4, 0.5) is 0 Å². The first-order valence-electron chi connectivity index (χ1n) is 15.0. The molecule has 0 aromatic rings. The lowest BCUT2D eigenvalue weighted by atomic mass is 9.32. The van der Waals surface area contributed by atoms with E-state index in [0.29, 0.717) is 24.4 Å². The van der Waals surface area contributed by atoms with Crippen molar-refractivity contribution < 1.29 is 19.1 Å². The lowest BCUT2D eigenvalue weighted by molar-refractivity contribution is -0.226. The first-order valence-corrected chi connectivity index (χ1v) is 15.0. The molecule has 5 fully saturated rings. The Kier molecular flexibility index (Phi) is 5.12. The largest absolute Gasteiger partial charge is 0.466 e. The van der Waals surface area contributed by atoms with E-state index in [9.17, 15) is 19.6 Å². The number of nitriles is 1. The molecule has 9 atom stereocenters. The maximum Gasteiger partial charge on any atom is 0.312 e. The summed E-state index contributed by atoms with van der Waals surface area (Å²) in [6.07, 6.45) is 9.55. The van der Waals surface area contributed by atoms with Crippen molar-refractivity contribution in [2.45, 2.75) is 106 Å². The molecule has 5 nitrogen and oxygen atoms in total. The van der Waals surface area contributed by atoms with Crippen LogP contribution in [0.1, 0.15) is 106 Å². The number of carbonyl (C=O) groups excluding carboxylic acids is 3. The fourth-order valence-electron chi connectivity index (χ4n) is 11.7. The zero-order valence-electron chi connectivity index (χ0n) is 24.5. The van der Waals surface area contributed by atoms with Crippen molar-refractivity contribution in [3.8, 4) is 6.07 Å². The number of esters is 1. The second-order valence-electron chi connectivity index (χ2n) is 15.8. The van der Waals surface area contributed by atoms with E-state index in [1.165, 1.54) is 0 Å². The summed E-state index contributed by atoms with van der Waals surface area (Å²) in [6, 6.07) is 2.23. The number of hydrogen-bond donors (Lipinski definition) is 0. The van der Waals surface area contributed by atoms with Crippen molar-refractivity contribution >= 4 is 17.5 Å². The molecule has 0 N–H and O–H groups in total. The molecule has 5 heteroatoms. The van der Waals surface area contributed by atoms with Gasteiger partial charge in [-0.2, -0.15) is 5.26 Å². The molecule has 5 saturated carbocycles. The molecule has 1 spiro atoms. The average molecular weight is 520 g/mol. The number of carbonyl (C=O) groups is 3. The van der Waals surface area contributed by atoms with Crippen LogP contribution in [0.25, 0.3) is 0 Å². The molecular weight excluding hydrogens is 474 g/mol. The van der Waals surface area contributed by atoms with Gasteiger partial charge in [0, 0.05) is 17.8 Å². The fraction of sp³-hybridized carbons (Fsp3) is 0.818. The third-order valence-electron chi connectivity index (χ3n) is 14.1. The number of Topliss-reactive ketones (excluding diaryl/α,β-unsaturated/α-hetero) is 2. The number of allylic oxidation sites excluding steroid dienone is 2. The maximum absolute atomic E-state index is 14.5. The van der Waals surface area contributed by atoms with Gasteiger partial charge in [0.1, 0.15) is 11.9 Å². The van der Waals surface area contributed by atoms with E-state index >= 15 is 0 Å². The highest BCUT2D eigenvalue weighted by atomic mass is 16.5. The fourth-order valence-corrected chi connectivity index (χ4v) is 11.7. The Balaban J connectivity index is 1.47. The molecule has 0 bridgehead atoms. The smallest absolute Gasteiger partial charge is 0.312 e. The van der Waals surface area contributed by atoms with Crippen LogP contribution in [0.15, 0.2) is 11.6 Å². The molecule has 0 radical (unpaired) electrons. The summed E-state index contributed by atoms with van der Waals surface area (Å²) in [5.41, 5.74) is -1.53. The summed E-state index contributed by atoms with van der Waals surface area (Å²) in [4.78, 5) is 41.5. The first kappa shape index (κ1) is 26.3. The summed E-state index contributed by atoms with van der Waals surface area (Å²) in [5, 5.41) is 9.92. The van der Waals surface area contributed by atoms with Gasteiger partial charge in [0.2, 0.25) is 0 Å². The SMILES string of the molecule is CCOC(=O)[C@]12CCC(C)(C)CC1C1C(=O)C[C@@H]3[C@@]4(C)C=C(C#N)C(=O)C5(C)C[C@]54CC[C@@]3(C)[C@]1(C)CC2. The van der Waals surface area contributed by atoms with Crippen LogP contribution in [0, 0.1) is 67.0 Å². The van der Waals surface area contributed by atoms with Gasteiger partial charge in [0.25, 0.3) is 0 Å². The van der Waals surface area contributed by atoms with Crippen molar-refractivity contribution in [2.75, 3.05) is 6.61 Å². The summed E-state index contributed by atoms with van der Waals surface area (Å²) in [6.45, 7) is 15.9. The van der Waals surface area contributed by atoms with Gasteiger partial charge < -0.3 is 4.74 Å². The number of hydrogen-bond acceptors (Lipinski definition) is 5. The van der Waals surface area contributed by atoms with E-state index in [1.807, 2.05) is 13.0 Å². The van der Waals surface area contributed by atoms with Crippen molar-refractivity contribution in [1.29, 1.82) is 5.26 Å². The van der Waals surface area contributed by atoms with Crippen LogP contribution in [0.3, 0.4) is 0 Å². The Morgan fingerprint density at radius 3 is 2.32 bits per heavy atom. The highest BCUT2D eigenvalue weighted by Crippen LogP contribution is 2.86. The molecule has 6 aliphatic carbocycles. The quantitative estimate of drug-likeness (QED) is 0.384. The van der Waals surface area contributed by atoms with Gasteiger partial charge in [-0.15, -0.1) is 0 Å². The van der Waals surface area contributed by atoms with E-state index in [1.54, 1.807) is 0 Å². The normalized spacial score (nSPS) is 52.2. The van der Waals surface area contributed by atoms with Crippen LogP contribution in [0.5, 0.6) is 0 Å². The highest BCUT2D eigenvalue weighted by Gasteiger charge is 2.83. The molecule has 0 saturated heterocycles. The van der Waals surface area contributed by atoms with Crippen LogP contribution in [-0.2, 0) is 19.1 Å². The van der Waals surface area contributed by atoms with Crippen molar-refractivity contribution in [3.63, 3.8) is 0 Å². The van der Waals surface area contributed by atoms with Gasteiger partial charge >= 0.3 is 5.97 Å². The molecule has 6 aliphatic rings. The maximum atomic E-state index is 14.5. The lowest BCUT2D eigenvalue weighted by Crippen LogP contribution is -2.69.